The normalized spacial score (nSPS) is 18.3. The summed E-state index contributed by atoms with van der Waals surface area (Å²) in [5, 5.41) is 7.59. The zero-order valence-corrected chi connectivity index (χ0v) is 25.2. The maximum absolute atomic E-state index is 13.6. The Hall–Kier alpha value is -4.17. The predicted octanol–water partition coefficient (Wildman–Crippen LogP) is 4.21. The minimum Gasteiger partial charge on any atom is -0.461 e. The van der Waals surface area contributed by atoms with Crippen molar-refractivity contribution < 1.29 is 26.9 Å². The van der Waals surface area contributed by atoms with Crippen LogP contribution in [0.5, 0.6) is 0 Å². The fourth-order valence-corrected chi connectivity index (χ4v) is 7.57. The number of aliphatic imine (C=N–C) groups is 1. The standard InChI is InChI=1S/C29H32N6O6S2/c1-19-16-20-17-21(7-8-23(20)40-19)31-29(33-43(38,39)27-10-9-25(42-27)24-11-12-30-41-24)32-22-6-2-3-15-35(28(22)37)18-26(36)34-13-4-5-14-34/h7-12,16-17,22H,2-6,13-15,18H2,1H3,(H2,31,32,33)/t22-/m0/s1. The molecule has 0 unspecified atom stereocenters. The molecule has 4 aromatic rings. The third-order valence-electron chi connectivity index (χ3n) is 7.48. The second-order valence-corrected chi connectivity index (χ2v) is 13.7. The number of anilines is 1. The second kappa shape index (κ2) is 12.2. The summed E-state index contributed by atoms with van der Waals surface area (Å²) in [4.78, 5) is 35.1. The number of aryl methyl sites for hydroxylation is 1. The maximum Gasteiger partial charge on any atom is 0.273 e. The van der Waals surface area contributed by atoms with E-state index in [2.05, 4.69) is 20.2 Å². The molecule has 6 rings (SSSR count). The van der Waals surface area contributed by atoms with E-state index in [-0.39, 0.29) is 28.5 Å². The van der Waals surface area contributed by atoms with Crippen molar-refractivity contribution in [3.63, 3.8) is 0 Å². The Morgan fingerprint density at radius 2 is 1.91 bits per heavy atom. The number of benzene rings is 1. The number of carbonyl (C=O) groups excluding carboxylic acids is 2. The van der Waals surface area contributed by atoms with Crippen molar-refractivity contribution in [1.29, 1.82) is 0 Å². The molecule has 2 amide bonds. The molecule has 226 valence electrons. The summed E-state index contributed by atoms with van der Waals surface area (Å²) in [5.41, 5.74) is 1.25. The lowest BCUT2D eigenvalue weighted by molar-refractivity contribution is -0.140. The highest BCUT2D eigenvalue weighted by atomic mass is 32.2. The molecule has 2 N–H and O–H groups in total. The quantitative estimate of drug-likeness (QED) is 0.229. The first-order valence-electron chi connectivity index (χ1n) is 14.2. The molecule has 5 heterocycles. The summed E-state index contributed by atoms with van der Waals surface area (Å²) >= 11 is 1.02. The van der Waals surface area contributed by atoms with Gasteiger partial charge in [0.15, 0.2) is 5.76 Å². The first-order chi connectivity index (χ1) is 20.7. The third kappa shape index (κ3) is 6.59. The van der Waals surface area contributed by atoms with Gasteiger partial charge in [0.2, 0.25) is 17.8 Å². The summed E-state index contributed by atoms with van der Waals surface area (Å²) in [6, 6.07) is 11.1. The van der Waals surface area contributed by atoms with E-state index >= 15 is 0 Å². The number of sulfonamides is 1. The van der Waals surface area contributed by atoms with E-state index in [0.29, 0.717) is 54.4 Å². The molecule has 2 saturated heterocycles. The molecular weight excluding hydrogens is 592 g/mol. The van der Waals surface area contributed by atoms with Gasteiger partial charge in [-0.15, -0.1) is 11.3 Å². The molecule has 0 radical (unpaired) electrons. The minimum atomic E-state index is -4.10. The Morgan fingerprint density at radius 3 is 2.70 bits per heavy atom. The third-order valence-corrected chi connectivity index (χ3v) is 10.4. The highest BCUT2D eigenvalue weighted by Gasteiger charge is 2.31. The summed E-state index contributed by atoms with van der Waals surface area (Å²) in [6.45, 7) is 3.71. The molecule has 1 atom stereocenters. The average Bonchev–Trinajstić information content (AvgIpc) is 3.78. The molecule has 3 aromatic heterocycles. The van der Waals surface area contributed by atoms with Crippen molar-refractivity contribution in [3.05, 3.63) is 54.4 Å². The second-order valence-electron chi connectivity index (χ2n) is 10.7. The lowest BCUT2D eigenvalue weighted by Gasteiger charge is -2.25. The molecule has 2 aliphatic rings. The van der Waals surface area contributed by atoms with Gasteiger partial charge in [0.05, 0.1) is 17.6 Å². The van der Waals surface area contributed by atoms with Gasteiger partial charge < -0.3 is 24.1 Å². The molecule has 0 aliphatic carbocycles. The van der Waals surface area contributed by atoms with E-state index in [0.717, 1.165) is 41.7 Å². The summed E-state index contributed by atoms with van der Waals surface area (Å²) in [5.74, 6) is 0.733. The average molecular weight is 625 g/mol. The van der Waals surface area contributed by atoms with Gasteiger partial charge in [0, 0.05) is 36.8 Å². The number of likely N-dealkylation sites (tertiary alicyclic amines) is 2. The number of hydrogen-bond acceptors (Lipinski definition) is 9. The Morgan fingerprint density at radius 1 is 1.09 bits per heavy atom. The van der Waals surface area contributed by atoms with Crippen LogP contribution >= 0.6 is 11.3 Å². The van der Waals surface area contributed by atoms with Crippen LogP contribution in [0.25, 0.3) is 21.6 Å². The van der Waals surface area contributed by atoms with Crippen molar-refractivity contribution in [2.45, 2.75) is 49.3 Å². The van der Waals surface area contributed by atoms with Gasteiger partial charge in [-0.3, -0.25) is 9.59 Å². The number of fused-ring (bicyclic) bond motifs is 1. The van der Waals surface area contributed by atoms with Crippen LogP contribution < -0.4 is 10.0 Å². The number of furan rings is 1. The van der Waals surface area contributed by atoms with Crippen LogP contribution in [0.2, 0.25) is 0 Å². The van der Waals surface area contributed by atoms with Crippen LogP contribution in [0.3, 0.4) is 0 Å². The van der Waals surface area contributed by atoms with Crippen molar-refractivity contribution in [2.24, 2.45) is 4.99 Å². The lowest BCUT2D eigenvalue weighted by Crippen LogP contribution is -2.45. The molecule has 0 spiro atoms. The van der Waals surface area contributed by atoms with E-state index in [4.69, 9.17) is 8.94 Å². The van der Waals surface area contributed by atoms with Crippen molar-refractivity contribution in [2.75, 3.05) is 31.5 Å². The fourth-order valence-electron chi connectivity index (χ4n) is 5.34. The fraction of sp³-hybridized carbons (Fsp3) is 0.379. The summed E-state index contributed by atoms with van der Waals surface area (Å²) in [6.07, 6.45) is 5.29. The number of amides is 2. The molecule has 0 bridgehead atoms. The van der Waals surface area contributed by atoms with Gasteiger partial charge in [-0.05, 0) is 75.4 Å². The molecule has 12 nitrogen and oxygen atoms in total. The number of carbonyl (C=O) groups is 2. The number of thiophene rings is 1. The zero-order chi connectivity index (χ0) is 30.0. The van der Waals surface area contributed by atoms with Crippen molar-refractivity contribution in [3.8, 4) is 10.6 Å². The molecule has 1 aromatic carbocycles. The highest BCUT2D eigenvalue weighted by Crippen LogP contribution is 2.30. The van der Waals surface area contributed by atoms with E-state index in [1.165, 1.54) is 12.3 Å². The van der Waals surface area contributed by atoms with Crippen LogP contribution in [-0.2, 0) is 19.6 Å². The lowest BCUT2D eigenvalue weighted by atomic mass is 10.1. The van der Waals surface area contributed by atoms with E-state index in [1.807, 2.05) is 19.1 Å². The number of nitrogens with one attached hydrogen (secondary N) is 2. The molecule has 0 saturated carbocycles. The van der Waals surface area contributed by atoms with E-state index < -0.39 is 16.1 Å². The largest absolute Gasteiger partial charge is 0.461 e. The van der Waals surface area contributed by atoms with Crippen LogP contribution in [0.4, 0.5) is 5.69 Å². The maximum atomic E-state index is 13.6. The molecular formula is C29H32N6O6S2. The van der Waals surface area contributed by atoms with Crippen LogP contribution in [0.15, 0.2) is 66.8 Å². The SMILES string of the molecule is Cc1cc2cc(NC(=N[C@H]3CCCCN(CC(=O)N4CCCC4)C3=O)NS(=O)(=O)c3ccc(-c4ccno4)s3)ccc2o1. The number of rotatable bonds is 7. The van der Waals surface area contributed by atoms with Gasteiger partial charge >= 0.3 is 0 Å². The summed E-state index contributed by atoms with van der Waals surface area (Å²) in [7, 11) is -4.10. The van der Waals surface area contributed by atoms with Crippen LogP contribution in [-0.4, -0.2) is 73.4 Å². The Balaban J connectivity index is 1.29. The number of hydrogen-bond donors (Lipinski definition) is 2. The minimum absolute atomic E-state index is 0.00451. The molecule has 43 heavy (non-hydrogen) atoms. The Bertz CT molecular complexity index is 1750. The van der Waals surface area contributed by atoms with Crippen LogP contribution in [0, 0.1) is 6.92 Å². The number of aromatic nitrogens is 1. The zero-order valence-electron chi connectivity index (χ0n) is 23.6. The van der Waals surface area contributed by atoms with Crippen molar-refractivity contribution in [1.82, 2.24) is 19.7 Å². The van der Waals surface area contributed by atoms with Gasteiger partial charge in [0.25, 0.3) is 10.0 Å². The Labute approximate surface area is 252 Å². The van der Waals surface area contributed by atoms with Gasteiger partial charge in [-0.1, -0.05) is 5.16 Å². The number of guanidine groups is 1. The van der Waals surface area contributed by atoms with Crippen molar-refractivity contribution >= 4 is 55.8 Å². The smallest absolute Gasteiger partial charge is 0.273 e. The molecule has 2 fully saturated rings. The van der Waals surface area contributed by atoms with Gasteiger partial charge in [0.1, 0.15) is 21.6 Å². The van der Waals surface area contributed by atoms with Gasteiger partial charge in [-0.2, -0.15) is 0 Å². The highest BCUT2D eigenvalue weighted by molar-refractivity contribution is 7.92. The monoisotopic (exact) mass is 624 g/mol. The van der Waals surface area contributed by atoms with Crippen LogP contribution in [0.1, 0.15) is 37.9 Å². The molecule has 14 heteroatoms. The Kier molecular flexibility index (Phi) is 8.21. The first-order valence-corrected chi connectivity index (χ1v) is 16.5. The number of nitrogens with zero attached hydrogens (tertiary/aromatic N) is 4. The first kappa shape index (κ1) is 28.9. The predicted molar refractivity (Wildman–Crippen MR) is 162 cm³/mol. The van der Waals surface area contributed by atoms with Gasteiger partial charge in [-0.25, -0.2) is 18.1 Å². The topological polar surface area (TPSA) is 150 Å². The molecule has 2 aliphatic heterocycles. The van der Waals surface area contributed by atoms with E-state index in [1.54, 1.807) is 34.1 Å². The summed E-state index contributed by atoms with van der Waals surface area (Å²) < 4.78 is 40.5. The van der Waals surface area contributed by atoms with E-state index in [9.17, 15) is 18.0 Å².